The molecule has 2 heterocycles. The molecule has 45 heavy (non-hydrogen) atoms. The number of fused-ring (bicyclic) bond motifs is 1. The van der Waals surface area contributed by atoms with E-state index in [1.807, 2.05) is 43.3 Å². The Kier molecular flexibility index (Phi) is 9.61. The van der Waals surface area contributed by atoms with Gasteiger partial charge in [-0.2, -0.15) is 8.42 Å². The van der Waals surface area contributed by atoms with Crippen LogP contribution in [0, 0.1) is 6.92 Å². The SMILES string of the molecule is COC(=O)Cc1cccc(-c2ccccc2O[C@H]2O[C@H](COS(=O)(=O)c3ccc(C)cc3)[C@@H](OC(C)=O)[C@@H]3OC(C)(C)O[C@H]23)c1. The minimum Gasteiger partial charge on any atom is -0.469 e. The Morgan fingerprint density at radius 3 is 2.36 bits per heavy atom. The van der Waals surface area contributed by atoms with Gasteiger partial charge in [0.25, 0.3) is 10.1 Å². The number of hydrogen-bond donors (Lipinski definition) is 0. The van der Waals surface area contributed by atoms with Crippen LogP contribution in [-0.2, 0) is 54.0 Å². The maximum absolute atomic E-state index is 13.0. The molecule has 12 heteroatoms. The van der Waals surface area contributed by atoms with E-state index in [1.54, 1.807) is 38.1 Å². The van der Waals surface area contributed by atoms with Crippen LogP contribution in [0.2, 0.25) is 0 Å². The van der Waals surface area contributed by atoms with Crippen molar-refractivity contribution in [2.45, 2.75) is 75.5 Å². The highest BCUT2D eigenvalue weighted by Gasteiger charge is 2.58. The largest absolute Gasteiger partial charge is 0.469 e. The second-order valence-electron chi connectivity index (χ2n) is 11.3. The monoisotopic (exact) mass is 640 g/mol. The first-order valence-electron chi connectivity index (χ1n) is 14.4. The fourth-order valence-electron chi connectivity index (χ4n) is 5.33. The number of aryl methyl sites for hydroxylation is 1. The summed E-state index contributed by atoms with van der Waals surface area (Å²) in [5.74, 6) is -1.63. The van der Waals surface area contributed by atoms with E-state index in [1.165, 1.54) is 26.2 Å². The topological polar surface area (TPSA) is 133 Å². The van der Waals surface area contributed by atoms with Crippen molar-refractivity contribution in [2.24, 2.45) is 0 Å². The van der Waals surface area contributed by atoms with E-state index in [9.17, 15) is 18.0 Å². The van der Waals surface area contributed by atoms with Crippen molar-refractivity contribution in [3.63, 3.8) is 0 Å². The predicted molar refractivity (Wildman–Crippen MR) is 161 cm³/mol. The molecular formula is C33H36O11S. The van der Waals surface area contributed by atoms with Crippen molar-refractivity contribution in [1.82, 2.24) is 0 Å². The fraction of sp³-hybridized carbons (Fsp3) is 0.394. The van der Waals surface area contributed by atoms with Gasteiger partial charge in [0.15, 0.2) is 18.0 Å². The van der Waals surface area contributed by atoms with E-state index < -0.39 is 59.2 Å². The number of methoxy groups -OCH3 is 1. The third-order valence-corrected chi connectivity index (χ3v) is 8.67. The van der Waals surface area contributed by atoms with E-state index in [-0.39, 0.29) is 17.3 Å². The standard InChI is InChI=1S/C33H36O11S/c1-20-13-15-24(16-14-20)45(36,37)39-19-27-29(40-21(2)34)30-31(44-33(3,4)43-30)32(42-27)41-26-12-7-6-11-25(26)23-10-8-9-22(17-23)18-28(35)38-5/h6-17,27,29-32H,18-19H2,1-5H3/t27-,29-,30+,31+,32+/m1/s1. The van der Waals surface area contributed by atoms with E-state index in [2.05, 4.69) is 0 Å². The summed E-state index contributed by atoms with van der Waals surface area (Å²) in [4.78, 5) is 24.0. The van der Waals surface area contributed by atoms with Crippen molar-refractivity contribution >= 4 is 22.1 Å². The minimum atomic E-state index is -4.17. The molecule has 0 spiro atoms. The maximum atomic E-state index is 13.0. The van der Waals surface area contributed by atoms with Crippen LogP contribution < -0.4 is 4.74 Å². The minimum absolute atomic E-state index is 0.0245. The van der Waals surface area contributed by atoms with Gasteiger partial charge >= 0.3 is 11.9 Å². The van der Waals surface area contributed by atoms with Crippen LogP contribution in [0.15, 0.2) is 77.7 Å². The summed E-state index contributed by atoms with van der Waals surface area (Å²) in [6, 6.07) is 20.9. The van der Waals surface area contributed by atoms with Crippen LogP contribution in [0.25, 0.3) is 11.1 Å². The van der Waals surface area contributed by atoms with Gasteiger partial charge in [-0.15, -0.1) is 0 Å². The van der Waals surface area contributed by atoms with Crippen LogP contribution in [0.1, 0.15) is 31.9 Å². The van der Waals surface area contributed by atoms with E-state index in [0.717, 1.165) is 16.7 Å². The van der Waals surface area contributed by atoms with Crippen molar-refractivity contribution in [1.29, 1.82) is 0 Å². The van der Waals surface area contributed by atoms with Crippen LogP contribution in [0.4, 0.5) is 0 Å². The molecular weight excluding hydrogens is 604 g/mol. The van der Waals surface area contributed by atoms with Gasteiger partial charge in [0.05, 0.1) is 25.0 Å². The molecule has 0 aromatic heterocycles. The van der Waals surface area contributed by atoms with E-state index in [4.69, 9.17) is 32.6 Å². The average molecular weight is 641 g/mol. The molecule has 240 valence electrons. The highest BCUT2D eigenvalue weighted by Crippen LogP contribution is 2.41. The van der Waals surface area contributed by atoms with Crippen molar-refractivity contribution < 1.29 is 50.6 Å². The molecule has 5 rings (SSSR count). The third kappa shape index (κ3) is 7.71. The maximum Gasteiger partial charge on any atom is 0.309 e. The summed E-state index contributed by atoms with van der Waals surface area (Å²) < 4.78 is 67.0. The molecule has 2 saturated heterocycles. The lowest BCUT2D eigenvalue weighted by molar-refractivity contribution is -0.255. The summed E-state index contributed by atoms with van der Waals surface area (Å²) in [6.45, 7) is 6.01. The average Bonchev–Trinajstić information content (AvgIpc) is 3.33. The second kappa shape index (κ2) is 13.3. The molecule has 0 saturated carbocycles. The van der Waals surface area contributed by atoms with Gasteiger partial charge in [0.2, 0.25) is 6.29 Å². The zero-order valence-electron chi connectivity index (χ0n) is 25.6. The summed E-state index contributed by atoms with van der Waals surface area (Å²) in [5.41, 5.74) is 3.14. The van der Waals surface area contributed by atoms with Gasteiger partial charge in [-0.3, -0.25) is 13.8 Å². The normalized spacial score (nSPS) is 24.0. The van der Waals surface area contributed by atoms with Crippen molar-refractivity contribution in [2.75, 3.05) is 13.7 Å². The summed E-state index contributed by atoms with van der Waals surface area (Å²) in [5, 5.41) is 0. The lowest BCUT2D eigenvalue weighted by atomic mass is 9.98. The smallest absolute Gasteiger partial charge is 0.309 e. The number of rotatable bonds is 10. The first-order chi connectivity index (χ1) is 21.3. The Hall–Kier alpha value is -3.81. The zero-order chi connectivity index (χ0) is 32.4. The van der Waals surface area contributed by atoms with Crippen LogP contribution in [-0.4, -0.2) is 70.6 Å². The number of hydrogen-bond acceptors (Lipinski definition) is 11. The Morgan fingerprint density at radius 2 is 1.64 bits per heavy atom. The van der Waals surface area contributed by atoms with Crippen molar-refractivity contribution in [3.05, 3.63) is 83.9 Å². The van der Waals surface area contributed by atoms with Gasteiger partial charge in [-0.05, 0) is 50.1 Å². The van der Waals surface area contributed by atoms with Crippen LogP contribution >= 0.6 is 0 Å². The Bertz CT molecular complexity index is 1630. The second-order valence-corrected chi connectivity index (χ2v) is 12.9. The van der Waals surface area contributed by atoms with Crippen LogP contribution in [0.3, 0.4) is 0 Å². The van der Waals surface area contributed by atoms with Gasteiger partial charge in [-0.25, -0.2) is 0 Å². The Labute approximate surface area is 262 Å². The molecule has 0 radical (unpaired) electrons. The number of carbonyl (C=O) groups excluding carboxylic acids is 2. The fourth-order valence-corrected chi connectivity index (χ4v) is 6.25. The van der Waals surface area contributed by atoms with Crippen LogP contribution in [0.5, 0.6) is 5.75 Å². The van der Waals surface area contributed by atoms with Gasteiger partial charge < -0.3 is 28.4 Å². The van der Waals surface area contributed by atoms with E-state index >= 15 is 0 Å². The molecule has 0 N–H and O–H groups in total. The first kappa shape index (κ1) is 32.6. The predicted octanol–water partition coefficient (Wildman–Crippen LogP) is 4.34. The van der Waals surface area contributed by atoms with Gasteiger partial charge in [-0.1, -0.05) is 60.2 Å². The Morgan fingerprint density at radius 1 is 0.933 bits per heavy atom. The third-order valence-electron chi connectivity index (χ3n) is 7.37. The molecule has 11 nitrogen and oxygen atoms in total. The summed E-state index contributed by atoms with van der Waals surface area (Å²) >= 11 is 0. The lowest BCUT2D eigenvalue weighted by Crippen LogP contribution is -2.60. The highest BCUT2D eigenvalue weighted by atomic mass is 32.2. The summed E-state index contributed by atoms with van der Waals surface area (Å²) in [7, 11) is -2.84. The molecule has 2 aliphatic heterocycles. The first-order valence-corrected chi connectivity index (χ1v) is 15.8. The molecule has 5 atom stereocenters. The molecule has 0 amide bonds. The Balaban J connectivity index is 1.44. The van der Waals surface area contributed by atoms with Crippen molar-refractivity contribution in [3.8, 4) is 16.9 Å². The molecule has 0 unspecified atom stereocenters. The highest BCUT2D eigenvalue weighted by molar-refractivity contribution is 7.86. The number of esters is 2. The molecule has 3 aromatic rings. The molecule has 0 aliphatic carbocycles. The number of ether oxygens (including phenoxy) is 6. The van der Waals surface area contributed by atoms with Gasteiger partial charge in [0.1, 0.15) is 18.0 Å². The quantitative estimate of drug-likeness (QED) is 0.232. The zero-order valence-corrected chi connectivity index (χ0v) is 26.4. The lowest BCUT2D eigenvalue weighted by Gasteiger charge is -2.41. The molecule has 0 bridgehead atoms. The summed E-state index contributed by atoms with van der Waals surface area (Å²) in [6.07, 6.45) is -4.89. The number of benzene rings is 3. The molecule has 3 aromatic carbocycles. The molecule has 2 aliphatic rings. The van der Waals surface area contributed by atoms with Gasteiger partial charge in [0, 0.05) is 12.5 Å². The molecule has 2 fully saturated rings. The number of para-hydroxylation sites is 1. The van der Waals surface area contributed by atoms with E-state index in [0.29, 0.717) is 11.3 Å². The number of carbonyl (C=O) groups is 2.